The topological polar surface area (TPSA) is 61.3 Å². The van der Waals surface area contributed by atoms with Crippen LogP contribution in [0.5, 0.6) is 17.2 Å². The number of ether oxygens (including phenoxy) is 4. The Bertz CT molecular complexity index is 584. The van der Waals surface area contributed by atoms with Crippen molar-refractivity contribution in [1.29, 1.82) is 0 Å². The molecule has 22 heavy (non-hydrogen) atoms. The molecular weight excluding hydrogens is 284 g/mol. The highest BCUT2D eigenvalue weighted by Crippen LogP contribution is 2.37. The molecule has 2 aliphatic rings. The maximum Gasteiger partial charge on any atom is 0.165 e. The highest BCUT2D eigenvalue weighted by Gasteiger charge is 2.28. The smallest absolute Gasteiger partial charge is 0.165 e. The van der Waals surface area contributed by atoms with Crippen LogP contribution in [0.15, 0.2) is 17.1 Å². The molecule has 0 saturated carbocycles. The van der Waals surface area contributed by atoms with Crippen molar-refractivity contribution in [2.45, 2.75) is 19.4 Å². The second-order valence-electron chi connectivity index (χ2n) is 6.01. The SMILES string of the molecule is COCCOc1cc2c(cc1C1=NCC(C)(C)N1)OCCO2. The minimum atomic E-state index is -0.0492. The number of fused-ring (bicyclic) bond motifs is 1. The lowest BCUT2D eigenvalue weighted by atomic mass is 10.1. The number of rotatable bonds is 5. The summed E-state index contributed by atoms with van der Waals surface area (Å²) in [5.41, 5.74) is 0.845. The third kappa shape index (κ3) is 3.11. The zero-order valence-electron chi connectivity index (χ0n) is 13.3. The quantitative estimate of drug-likeness (QED) is 0.838. The van der Waals surface area contributed by atoms with E-state index in [9.17, 15) is 0 Å². The molecule has 0 aliphatic carbocycles. The first-order chi connectivity index (χ1) is 10.6. The average Bonchev–Trinajstić information content (AvgIpc) is 2.87. The monoisotopic (exact) mass is 306 g/mol. The van der Waals surface area contributed by atoms with Gasteiger partial charge in [-0.2, -0.15) is 0 Å². The van der Waals surface area contributed by atoms with Crippen molar-refractivity contribution < 1.29 is 18.9 Å². The molecule has 0 spiro atoms. The van der Waals surface area contributed by atoms with E-state index in [0.717, 1.165) is 29.4 Å². The predicted octanol–water partition coefficient (Wildman–Crippen LogP) is 1.61. The first-order valence-corrected chi connectivity index (χ1v) is 7.47. The van der Waals surface area contributed by atoms with Crippen LogP contribution in [-0.4, -0.2) is 51.5 Å². The van der Waals surface area contributed by atoms with Crippen molar-refractivity contribution in [1.82, 2.24) is 5.32 Å². The standard InChI is InChI=1S/C16H22N2O4/c1-16(2)10-17-15(18-16)11-8-13-14(22-7-6-21-13)9-12(11)20-5-4-19-3/h8-9H,4-7,10H2,1-3H3,(H,17,18). The maximum absolute atomic E-state index is 5.84. The van der Waals surface area contributed by atoms with Crippen LogP contribution in [0.3, 0.4) is 0 Å². The van der Waals surface area contributed by atoms with Crippen molar-refractivity contribution >= 4 is 5.84 Å². The Morgan fingerprint density at radius 1 is 1.18 bits per heavy atom. The highest BCUT2D eigenvalue weighted by molar-refractivity contribution is 6.03. The number of hydrogen-bond donors (Lipinski definition) is 1. The molecule has 0 unspecified atom stereocenters. The molecule has 2 aliphatic heterocycles. The summed E-state index contributed by atoms with van der Waals surface area (Å²) >= 11 is 0. The number of hydrogen-bond acceptors (Lipinski definition) is 6. The highest BCUT2D eigenvalue weighted by atomic mass is 16.6. The number of benzene rings is 1. The molecule has 120 valence electrons. The van der Waals surface area contributed by atoms with Crippen molar-refractivity contribution in [3.63, 3.8) is 0 Å². The summed E-state index contributed by atoms with van der Waals surface area (Å²) in [5, 5.41) is 3.43. The van der Waals surface area contributed by atoms with Gasteiger partial charge in [0.1, 0.15) is 31.4 Å². The first kappa shape index (κ1) is 15.0. The molecule has 0 amide bonds. The Labute approximate surface area is 130 Å². The van der Waals surface area contributed by atoms with Crippen LogP contribution in [0, 0.1) is 0 Å². The molecule has 6 heteroatoms. The molecule has 3 rings (SSSR count). The van der Waals surface area contributed by atoms with Gasteiger partial charge in [-0.15, -0.1) is 0 Å². The van der Waals surface area contributed by atoms with Gasteiger partial charge in [-0.3, -0.25) is 4.99 Å². The fraction of sp³-hybridized carbons (Fsp3) is 0.562. The molecular formula is C16H22N2O4. The van der Waals surface area contributed by atoms with E-state index in [2.05, 4.69) is 24.2 Å². The Kier molecular flexibility index (Phi) is 4.11. The molecule has 0 bridgehead atoms. The van der Waals surface area contributed by atoms with E-state index in [-0.39, 0.29) is 5.54 Å². The minimum absolute atomic E-state index is 0.0492. The van der Waals surface area contributed by atoms with Crippen LogP contribution in [0.2, 0.25) is 0 Å². The Hall–Kier alpha value is -1.95. The number of amidine groups is 1. The van der Waals surface area contributed by atoms with Crippen LogP contribution in [0.4, 0.5) is 0 Å². The molecule has 0 aromatic heterocycles. The van der Waals surface area contributed by atoms with E-state index >= 15 is 0 Å². The fourth-order valence-electron chi connectivity index (χ4n) is 2.44. The van der Waals surface area contributed by atoms with Crippen molar-refractivity contribution in [2.75, 3.05) is 40.1 Å². The minimum Gasteiger partial charge on any atom is -0.490 e. The molecule has 0 atom stereocenters. The van der Waals surface area contributed by atoms with Gasteiger partial charge in [-0.05, 0) is 19.9 Å². The van der Waals surface area contributed by atoms with Crippen LogP contribution in [-0.2, 0) is 4.74 Å². The summed E-state index contributed by atoms with van der Waals surface area (Å²) in [5.74, 6) is 2.99. The molecule has 0 saturated heterocycles. The van der Waals surface area contributed by atoms with Crippen LogP contribution in [0.25, 0.3) is 0 Å². The van der Waals surface area contributed by atoms with Crippen LogP contribution < -0.4 is 19.5 Å². The second kappa shape index (κ2) is 6.04. The average molecular weight is 306 g/mol. The van der Waals surface area contributed by atoms with Gasteiger partial charge in [0.05, 0.1) is 24.3 Å². The summed E-state index contributed by atoms with van der Waals surface area (Å²) < 4.78 is 22.2. The largest absolute Gasteiger partial charge is 0.490 e. The van der Waals surface area contributed by atoms with Gasteiger partial charge in [-0.25, -0.2) is 0 Å². The zero-order valence-corrected chi connectivity index (χ0v) is 13.3. The molecule has 2 heterocycles. The van der Waals surface area contributed by atoms with Gasteiger partial charge in [0.25, 0.3) is 0 Å². The van der Waals surface area contributed by atoms with Crippen molar-refractivity contribution in [3.05, 3.63) is 17.7 Å². The Morgan fingerprint density at radius 2 is 1.91 bits per heavy atom. The lowest BCUT2D eigenvalue weighted by molar-refractivity contribution is 0.144. The normalized spacial score (nSPS) is 18.6. The molecule has 6 nitrogen and oxygen atoms in total. The summed E-state index contributed by atoms with van der Waals surface area (Å²) in [7, 11) is 1.65. The predicted molar refractivity (Wildman–Crippen MR) is 83.4 cm³/mol. The van der Waals surface area contributed by atoms with Crippen LogP contribution in [0.1, 0.15) is 19.4 Å². The van der Waals surface area contributed by atoms with E-state index in [1.165, 1.54) is 0 Å². The Balaban J connectivity index is 1.91. The third-order valence-corrected chi connectivity index (χ3v) is 3.53. The number of methoxy groups -OCH3 is 1. The van der Waals surface area contributed by atoms with E-state index in [1.54, 1.807) is 7.11 Å². The van der Waals surface area contributed by atoms with Gasteiger partial charge in [-0.1, -0.05) is 0 Å². The number of nitrogens with one attached hydrogen (secondary N) is 1. The Morgan fingerprint density at radius 3 is 2.55 bits per heavy atom. The molecule has 1 aromatic rings. The van der Waals surface area contributed by atoms with Gasteiger partial charge >= 0.3 is 0 Å². The molecule has 1 N–H and O–H groups in total. The van der Waals surface area contributed by atoms with E-state index in [0.29, 0.717) is 32.2 Å². The lowest BCUT2D eigenvalue weighted by Gasteiger charge is -2.23. The van der Waals surface area contributed by atoms with Crippen molar-refractivity contribution in [3.8, 4) is 17.2 Å². The van der Waals surface area contributed by atoms with Crippen molar-refractivity contribution in [2.24, 2.45) is 4.99 Å². The second-order valence-corrected chi connectivity index (χ2v) is 6.01. The number of nitrogens with zero attached hydrogens (tertiary/aromatic N) is 1. The maximum atomic E-state index is 5.84. The van der Waals surface area contributed by atoms with Crippen LogP contribution >= 0.6 is 0 Å². The molecule has 1 aromatic carbocycles. The summed E-state index contributed by atoms with van der Waals surface area (Å²) in [6.45, 7) is 7.07. The van der Waals surface area contributed by atoms with E-state index in [4.69, 9.17) is 18.9 Å². The summed E-state index contributed by atoms with van der Waals surface area (Å²) in [4.78, 5) is 4.59. The van der Waals surface area contributed by atoms with E-state index in [1.807, 2.05) is 12.1 Å². The van der Waals surface area contributed by atoms with Gasteiger partial charge < -0.3 is 24.3 Å². The molecule has 0 radical (unpaired) electrons. The third-order valence-electron chi connectivity index (χ3n) is 3.53. The zero-order chi connectivity index (χ0) is 15.6. The first-order valence-electron chi connectivity index (χ1n) is 7.47. The molecule has 0 fully saturated rings. The number of aliphatic imine (C=N–C) groups is 1. The van der Waals surface area contributed by atoms with Gasteiger partial charge in [0.15, 0.2) is 11.5 Å². The fourth-order valence-corrected chi connectivity index (χ4v) is 2.44. The van der Waals surface area contributed by atoms with E-state index < -0.39 is 0 Å². The summed E-state index contributed by atoms with van der Waals surface area (Å²) in [6.07, 6.45) is 0. The van der Waals surface area contributed by atoms with Gasteiger partial charge in [0.2, 0.25) is 0 Å². The summed E-state index contributed by atoms with van der Waals surface area (Å²) in [6, 6.07) is 3.80. The lowest BCUT2D eigenvalue weighted by Crippen LogP contribution is -2.40. The van der Waals surface area contributed by atoms with Gasteiger partial charge in [0, 0.05) is 13.2 Å².